The molecule has 12 nitrogen and oxygen atoms in total. The zero-order valence-corrected chi connectivity index (χ0v) is 23.6. The summed E-state index contributed by atoms with van der Waals surface area (Å²) in [6, 6.07) is -1.36. The minimum atomic E-state index is -4.14. The number of nitrogens with one attached hydrogen (secondary N) is 2. The molecule has 3 heterocycles. The molecule has 0 bridgehead atoms. The molecule has 4 N–H and O–H groups in total. The summed E-state index contributed by atoms with van der Waals surface area (Å²) in [6.45, 7) is 3.96. The fourth-order valence-corrected chi connectivity index (χ4v) is 7.99. The maximum atomic E-state index is 13.6. The van der Waals surface area contributed by atoms with Crippen molar-refractivity contribution in [1.29, 1.82) is 0 Å². The molecular weight excluding hydrogens is 526 g/mol. The second kappa shape index (κ2) is 11.8. The van der Waals surface area contributed by atoms with E-state index in [-0.39, 0.29) is 24.4 Å². The summed E-state index contributed by atoms with van der Waals surface area (Å²) in [5.74, 6) is -2.15. The summed E-state index contributed by atoms with van der Waals surface area (Å²) in [5.41, 5.74) is 3.78. The van der Waals surface area contributed by atoms with Gasteiger partial charge in [-0.05, 0) is 71.6 Å². The van der Waals surface area contributed by atoms with Crippen molar-refractivity contribution in [1.82, 2.24) is 19.2 Å². The molecule has 4 aliphatic rings. The fourth-order valence-electron chi connectivity index (χ4n) is 6.31. The first-order chi connectivity index (χ1) is 18.5. The molecule has 0 spiro atoms. The van der Waals surface area contributed by atoms with E-state index in [9.17, 15) is 27.6 Å². The minimum Gasteiger partial charge on any atom is -0.436 e. The lowest BCUT2D eigenvalue weighted by Crippen LogP contribution is -2.60. The lowest BCUT2D eigenvalue weighted by atomic mass is 10.0. The van der Waals surface area contributed by atoms with Crippen LogP contribution in [0.4, 0.5) is 4.79 Å². The second-order valence-electron chi connectivity index (χ2n) is 11.3. The largest absolute Gasteiger partial charge is 0.436 e. The Kier molecular flexibility index (Phi) is 8.89. The van der Waals surface area contributed by atoms with Crippen LogP contribution >= 0.6 is 0 Å². The normalized spacial score (nSPS) is 34.6. The average molecular weight is 568 g/mol. The maximum absolute atomic E-state index is 13.6. The fraction of sp³-hybridized carbons (Fsp3) is 0.769. The Labute approximate surface area is 230 Å². The molecule has 6 unspecified atom stereocenters. The Hall–Kier alpha value is -2.67. The van der Waals surface area contributed by atoms with Gasteiger partial charge < -0.3 is 20.7 Å². The van der Waals surface area contributed by atoms with Crippen molar-refractivity contribution in [2.24, 2.45) is 11.7 Å². The highest BCUT2D eigenvalue weighted by atomic mass is 32.2. The van der Waals surface area contributed by atoms with E-state index in [1.165, 1.54) is 9.21 Å². The number of carbonyl (C=O) groups excluding carboxylic acids is 4. The van der Waals surface area contributed by atoms with Crippen molar-refractivity contribution in [2.75, 3.05) is 6.54 Å². The first-order valence-electron chi connectivity index (χ1n) is 14.1. The number of primary amides is 1. The topological polar surface area (TPSA) is 168 Å². The lowest BCUT2D eigenvalue weighted by Gasteiger charge is -2.37. The second-order valence-corrected chi connectivity index (χ2v) is 12.9. The SMILES string of the molecule is CC1CCCC(C)N1S(=O)(=O)NC(=O)C12CC1C=CCCCCCC(OC(N)=O)C(=O)N1CCCC1C(=O)N2. The first-order valence-corrected chi connectivity index (χ1v) is 15.5. The smallest absolute Gasteiger partial charge is 0.405 e. The summed E-state index contributed by atoms with van der Waals surface area (Å²) in [6.07, 6.45) is 8.47. The van der Waals surface area contributed by atoms with E-state index in [1.54, 1.807) is 0 Å². The molecule has 0 aromatic carbocycles. The van der Waals surface area contributed by atoms with E-state index < -0.39 is 51.7 Å². The highest BCUT2D eigenvalue weighted by Gasteiger charge is 2.61. The van der Waals surface area contributed by atoms with Crippen molar-refractivity contribution in [3.8, 4) is 0 Å². The molecule has 6 atom stereocenters. The number of nitrogens with two attached hydrogens (primary N) is 1. The van der Waals surface area contributed by atoms with Crippen LogP contribution in [0.15, 0.2) is 12.2 Å². The van der Waals surface area contributed by atoms with E-state index in [0.29, 0.717) is 51.5 Å². The Morgan fingerprint density at radius 3 is 2.46 bits per heavy atom. The van der Waals surface area contributed by atoms with E-state index in [4.69, 9.17) is 10.5 Å². The monoisotopic (exact) mass is 567 g/mol. The summed E-state index contributed by atoms with van der Waals surface area (Å²) in [5, 5.41) is 2.82. The van der Waals surface area contributed by atoms with Gasteiger partial charge in [-0.1, -0.05) is 25.0 Å². The number of hydrogen-bond donors (Lipinski definition) is 3. The van der Waals surface area contributed by atoms with Gasteiger partial charge >= 0.3 is 16.3 Å². The van der Waals surface area contributed by atoms with Crippen LogP contribution in [0.2, 0.25) is 0 Å². The van der Waals surface area contributed by atoms with E-state index in [0.717, 1.165) is 19.3 Å². The highest BCUT2D eigenvalue weighted by Crippen LogP contribution is 2.46. The summed E-state index contributed by atoms with van der Waals surface area (Å²) < 4.78 is 35.3. The summed E-state index contributed by atoms with van der Waals surface area (Å²) in [7, 11) is -4.14. The first kappa shape index (κ1) is 29.3. The molecule has 1 saturated carbocycles. The van der Waals surface area contributed by atoms with Gasteiger partial charge in [0.1, 0.15) is 11.6 Å². The number of amides is 4. The molecule has 1 aliphatic carbocycles. The third-order valence-electron chi connectivity index (χ3n) is 8.46. The molecule has 0 radical (unpaired) electrons. The number of nitrogens with zero attached hydrogens (tertiary/aromatic N) is 2. The Bertz CT molecular complexity index is 1100. The van der Waals surface area contributed by atoms with Gasteiger partial charge in [0.2, 0.25) is 5.91 Å². The van der Waals surface area contributed by atoms with Crippen molar-refractivity contribution < 1.29 is 32.3 Å². The maximum Gasteiger partial charge on any atom is 0.405 e. The van der Waals surface area contributed by atoms with Crippen molar-refractivity contribution in [3.63, 3.8) is 0 Å². The quantitative estimate of drug-likeness (QED) is 0.432. The molecule has 0 aromatic rings. The average Bonchev–Trinajstić information content (AvgIpc) is 3.31. The number of piperidine rings is 1. The number of rotatable bonds is 4. The van der Waals surface area contributed by atoms with Crippen LogP contribution in [0.25, 0.3) is 0 Å². The molecule has 218 valence electrons. The number of fused-ring (bicyclic) bond motifs is 2. The van der Waals surface area contributed by atoms with Crippen LogP contribution in [-0.4, -0.2) is 77.8 Å². The molecule has 13 heteroatoms. The van der Waals surface area contributed by atoms with E-state index >= 15 is 0 Å². The lowest BCUT2D eigenvalue weighted by molar-refractivity contribution is -0.146. The molecule has 39 heavy (non-hydrogen) atoms. The summed E-state index contributed by atoms with van der Waals surface area (Å²) in [4.78, 5) is 53.3. The van der Waals surface area contributed by atoms with Gasteiger partial charge in [-0.3, -0.25) is 14.4 Å². The number of carbonyl (C=O) groups is 4. The van der Waals surface area contributed by atoms with Crippen molar-refractivity contribution >= 4 is 34.0 Å². The standard InChI is InChI=1S/C26H41N5O7S/c1-17-10-8-11-18(2)31(17)39(36,37)29-24(34)26-16-19(26)12-6-4-3-5-7-14-21(38-25(27)35)23(33)30-15-9-13-20(30)22(32)28-26/h6,12,17-21H,3-5,7-11,13-16H2,1-2H3,(H2,27,35)(H,28,32)(H,29,34). The van der Waals surface area contributed by atoms with Gasteiger partial charge in [-0.25, -0.2) is 9.52 Å². The van der Waals surface area contributed by atoms with E-state index in [1.807, 2.05) is 26.0 Å². The van der Waals surface area contributed by atoms with Crippen LogP contribution in [0.5, 0.6) is 0 Å². The van der Waals surface area contributed by atoms with Crippen LogP contribution in [-0.2, 0) is 29.3 Å². The summed E-state index contributed by atoms with van der Waals surface area (Å²) >= 11 is 0. The van der Waals surface area contributed by atoms with Crippen LogP contribution in [0.1, 0.15) is 84.5 Å². The zero-order valence-electron chi connectivity index (χ0n) is 22.8. The van der Waals surface area contributed by atoms with Crippen LogP contribution in [0, 0.1) is 5.92 Å². The van der Waals surface area contributed by atoms with Crippen LogP contribution in [0.3, 0.4) is 0 Å². The molecule has 2 saturated heterocycles. The predicted octanol–water partition coefficient (Wildman–Crippen LogP) is 1.46. The zero-order chi connectivity index (χ0) is 28.4. The molecule has 0 aromatic heterocycles. The molecule has 4 amide bonds. The third-order valence-corrected chi connectivity index (χ3v) is 10.2. The Morgan fingerprint density at radius 2 is 1.77 bits per heavy atom. The van der Waals surface area contributed by atoms with Crippen LogP contribution < -0.4 is 15.8 Å². The van der Waals surface area contributed by atoms with Gasteiger partial charge in [-0.15, -0.1) is 0 Å². The Morgan fingerprint density at radius 1 is 1.05 bits per heavy atom. The van der Waals surface area contributed by atoms with Gasteiger partial charge in [-0.2, -0.15) is 12.7 Å². The Balaban J connectivity index is 1.57. The highest BCUT2D eigenvalue weighted by molar-refractivity contribution is 7.87. The number of allylic oxidation sites excluding steroid dienone is 1. The molecule has 3 aliphatic heterocycles. The van der Waals surface area contributed by atoms with Gasteiger partial charge in [0, 0.05) is 24.5 Å². The van der Waals surface area contributed by atoms with Gasteiger partial charge in [0.25, 0.3) is 11.8 Å². The van der Waals surface area contributed by atoms with Gasteiger partial charge in [0.15, 0.2) is 6.10 Å². The number of hydrogen-bond acceptors (Lipinski definition) is 7. The number of ether oxygens (including phenoxy) is 1. The molecule has 3 fully saturated rings. The van der Waals surface area contributed by atoms with Crippen molar-refractivity contribution in [3.05, 3.63) is 12.2 Å². The third kappa shape index (κ3) is 6.40. The predicted molar refractivity (Wildman–Crippen MR) is 142 cm³/mol. The van der Waals surface area contributed by atoms with E-state index in [2.05, 4.69) is 10.0 Å². The molecule has 4 rings (SSSR count). The van der Waals surface area contributed by atoms with Gasteiger partial charge in [0.05, 0.1) is 0 Å². The minimum absolute atomic E-state index is 0.248. The van der Waals surface area contributed by atoms with Crippen molar-refractivity contribution in [2.45, 2.75) is 114 Å². The molecular formula is C26H41N5O7S.